The highest BCUT2D eigenvalue weighted by Gasteiger charge is 2.32. The molecule has 0 spiro atoms. The standard InChI is InChI=1S/2C16H28N2O4/c2*19-15(20)13-7-5-11-17(13)9-3-1-2-4-10-18-12-6-8-14(18)16(21)22/h2*13-14H,1-12H2,(H,19,20)(H,21,22)/t2*13-,14-/m00/s1. The molecule has 252 valence electrons. The zero-order valence-electron chi connectivity index (χ0n) is 26.5. The van der Waals surface area contributed by atoms with Crippen molar-refractivity contribution in [1.29, 1.82) is 0 Å². The van der Waals surface area contributed by atoms with Crippen molar-refractivity contribution in [2.45, 2.75) is 127 Å². The van der Waals surface area contributed by atoms with Crippen LogP contribution in [0.4, 0.5) is 0 Å². The SMILES string of the molecule is O=C(O)[C@@H]1CCCN1CCCCCCN1CCC[C@H]1C(=O)O.O=C(O)[C@@H]1CCCN1CCCCCCN1CCC[C@H]1C(=O)O. The lowest BCUT2D eigenvalue weighted by atomic mass is 10.1. The van der Waals surface area contributed by atoms with Gasteiger partial charge in [0.05, 0.1) is 0 Å². The first-order valence-electron chi connectivity index (χ1n) is 17.1. The highest BCUT2D eigenvalue weighted by molar-refractivity contribution is 5.75. The fourth-order valence-electron chi connectivity index (χ4n) is 7.46. The number of unbranched alkanes of at least 4 members (excludes halogenated alkanes) is 6. The second-order valence-corrected chi connectivity index (χ2v) is 13.0. The molecule has 0 radical (unpaired) electrons. The van der Waals surface area contributed by atoms with Gasteiger partial charge in [-0.2, -0.15) is 0 Å². The molecule has 12 nitrogen and oxygen atoms in total. The van der Waals surface area contributed by atoms with Crippen molar-refractivity contribution in [1.82, 2.24) is 19.6 Å². The van der Waals surface area contributed by atoms with Crippen LogP contribution >= 0.6 is 0 Å². The average Bonchev–Trinajstić information content (AvgIpc) is 3.79. The molecule has 0 aliphatic carbocycles. The van der Waals surface area contributed by atoms with Gasteiger partial charge in [0.1, 0.15) is 24.2 Å². The van der Waals surface area contributed by atoms with Crippen molar-refractivity contribution in [2.24, 2.45) is 0 Å². The Labute approximate surface area is 262 Å². The fraction of sp³-hybridized carbons (Fsp3) is 0.875. The lowest BCUT2D eigenvalue weighted by molar-refractivity contribution is -0.143. The Morgan fingerprint density at radius 2 is 0.591 bits per heavy atom. The van der Waals surface area contributed by atoms with Gasteiger partial charge in [0.25, 0.3) is 0 Å². The maximum atomic E-state index is 11.1. The molecule has 44 heavy (non-hydrogen) atoms. The van der Waals surface area contributed by atoms with E-state index in [1.165, 1.54) is 0 Å². The van der Waals surface area contributed by atoms with E-state index in [1.54, 1.807) is 0 Å². The minimum absolute atomic E-state index is 0.277. The summed E-state index contributed by atoms with van der Waals surface area (Å²) in [7, 11) is 0. The predicted molar refractivity (Wildman–Crippen MR) is 166 cm³/mol. The smallest absolute Gasteiger partial charge is 0.320 e. The number of carbonyl (C=O) groups is 4. The molecule has 0 saturated carbocycles. The fourth-order valence-corrected chi connectivity index (χ4v) is 7.46. The lowest BCUT2D eigenvalue weighted by Gasteiger charge is -2.22. The highest BCUT2D eigenvalue weighted by Crippen LogP contribution is 2.21. The Morgan fingerprint density at radius 3 is 0.773 bits per heavy atom. The molecule has 0 aromatic carbocycles. The first-order valence-corrected chi connectivity index (χ1v) is 17.1. The quantitative estimate of drug-likeness (QED) is 0.165. The van der Waals surface area contributed by atoms with Gasteiger partial charge in [-0.05, 0) is 129 Å². The van der Waals surface area contributed by atoms with Gasteiger partial charge in [-0.1, -0.05) is 25.7 Å². The van der Waals surface area contributed by atoms with Crippen LogP contribution in [0.25, 0.3) is 0 Å². The molecule has 4 aliphatic rings. The second kappa shape index (κ2) is 19.3. The number of hydrogen-bond acceptors (Lipinski definition) is 8. The molecule has 4 rings (SSSR count). The molecular weight excluding hydrogens is 568 g/mol. The van der Waals surface area contributed by atoms with Gasteiger partial charge >= 0.3 is 23.9 Å². The van der Waals surface area contributed by atoms with Gasteiger partial charge in [-0.15, -0.1) is 0 Å². The Balaban J connectivity index is 0.000000240. The first-order chi connectivity index (χ1) is 21.2. The molecule has 4 fully saturated rings. The van der Waals surface area contributed by atoms with Crippen LogP contribution in [0.15, 0.2) is 0 Å². The third-order valence-electron chi connectivity index (χ3n) is 9.88. The maximum absolute atomic E-state index is 11.1. The largest absolute Gasteiger partial charge is 0.480 e. The van der Waals surface area contributed by atoms with Crippen LogP contribution in [-0.4, -0.2) is 140 Å². The maximum Gasteiger partial charge on any atom is 0.320 e. The summed E-state index contributed by atoms with van der Waals surface area (Å²) in [6.07, 6.45) is 15.6. The molecule has 0 unspecified atom stereocenters. The molecule has 0 aromatic heterocycles. The van der Waals surface area contributed by atoms with Crippen molar-refractivity contribution in [3.8, 4) is 0 Å². The third-order valence-corrected chi connectivity index (χ3v) is 9.88. The van der Waals surface area contributed by atoms with Crippen molar-refractivity contribution in [3.63, 3.8) is 0 Å². The summed E-state index contributed by atoms with van der Waals surface area (Å²) in [6, 6.07) is -1.11. The molecule has 4 saturated heterocycles. The average molecular weight is 625 g/mol. The van der Waals surface area contributed by atoms with Gasteiger partial charge in [0.15, 0.2) is 0 Å². The Bertz CT molecular complexity index is 777. The summed E-state index contributed by atoms with van der Waals surface area (Å²) in [5.41, 5.74) is 0. The number of aliphatic carboxylic acids is 4. The molecule has 4 atom stereocenters. The van der Waals surface area contributed by atoms with Gasteiger partial charge in [0.2, 0.25) is 0 Å². The van der Waals surface area contributed by atoms with Gasteiger partial charge in [-0.3, -0.25) is 38.8 Å². The number of nitrogens with zero attached hydrogens (tertiary/aromatic N) is 4. The van der Waals surface area contributed by atoms with E-state index < -0.39 is 23.9 Å². The number of carboxylic acids is 4. The van der Waals surface area contributed by atoms with E-state index in [2.05, 4.69) is 19.6 Å². The molecule has 4 heterocycles. The number of carboxylic acid groups (broad SMARTS) is 4. The summed E-state index contributed by atoms with van der Waals surface area (Å²) in [4.78, 5) is 52.7. The van der Waals surface area contributed by atoms with Crippen LogP contribution < -0.4 is 0 Å². The number of rotatable bonds is 18. The molecule has 4 N–H and O–H groups in total. The summed E-state index contributed by atoms with van der Waals surface area (Å²) >= 11 is 0. The Kier molecular flexibility index (Phi) is 15.9. The first kappa shape index (κ1) is 36.2. The molecular formula is C32H56N4O8. The van der Waals surface area contributed by atoms with E-state index >= 15 is 0 Å². The monoisotopic (exact) mass is 624 g/mol. The lowest BCUT2D eigenvalue weighted by Crippen LogP contribution is -2.36. The van der Waals surface area contributed by atoms with E-state index in [1.807, 2.05) is 0 Å². The topological polar surface area (TPSA) is 162 Å². The molecule has 0 aromatic rings. The van der Waals surface area contributed by atoms with Gasteiger partial charge in [-0.25, -0.2) is 0 Å². The van der Waals surface area contributed by atoms with Crippen LogP contribution in [0.3, 0.4) is 0 Å². The van der Waals surface area contributed by atoms with E-state index in [0.29, 0.717) is 0 Å². The van der Waals surface area contributed by atoms with E-state index in [0.717, 1.165) is 155 Å². The number of likely N-dealkylation sites (tertiary alicyclic amines) is 4. The van der Waals surface area contributed by atoms with Crippen molar-refractivity contribution in [2.75, 3.05) is 52.4 Å². The van der Waals surface area contributed by atoms with Gasteiger partial charge in [0, 0.05) is 0 Å². The summed E-state index contributed by atoms with van der Waals surface area (Å²) in [5, 5.41) is 36.5. The zero-order chi connectivity index (χ0) is 31.9. The minimum atomic E-state index is -0.689. The Morgan fingerprint density at radius 1 is 0.386 bits per heavy atom. The Hall–Kier alpha value is -2.28. The second-order valence-electron chi connectivity index (χ2n) is 13.0. The summed E-state index contributed by atoms with van der Waals surface area (Å²) in [5.74, 6) is -2.75. The molecule has 0 amide bonds. The van der Waals surface area contributed by atoms with E-state index in [9.17, 15) is 19.2 Å². The van der Waals surface area contributed by atoms with Crippen LogP contribution in [0.2, 0.25) is 0 Å². The third kappa shape index (κ3) is 11.6. The van der Waals surface area contributed by atoms with E-state index in [4.69, 9.17) is 20.4 Å². The van der Waals surface area contributed by atoms with Crippen LogP contribution in [0, 0.1) is 0 Å². The van der Waals surface area contributed by atoms with Crippen molar-refractivity contribution < 1.29 is 39.6 Å². The van der Waals surface area contributed by atoms with Crippen molar-refractivity contribution in [3.05, 3.63) is 0 Å². The van der Waals surface area contributed by atoms with Crippen LogP contribution in [-0.2, 0) is 19.2 Å². The summed E-state index contributed by atoms with van der Waals surface area (Å²) in [6.45, 7) is 7.12. The van der Waals surface area contributed by atoms with Gasteiger partial charge < -0.3 is 20.4 Å². The molecule has 4 aliphatic heterocycles. The zero-order valence-corrected chi connectivity index (χ0v) is 26.5. The minimum Gasteiger partial charge on any atom is -0.480 e. The van der Waals surface area contributed by atoms with Crippen LogP contribution in [0.1, 0.15) is 103 Å². The van der Waals surface area contributed by atoms with E-state index in [-0.39, 0.29) is 24.2 Å². The normalized spacial score (nSPS) is 26.5. The van der Waals surface area contributed by atoms with Crippen LogP contribution in [0.5, 0.6) is 0 Å². The molecule has 12 heteroatoms. The summed E-state index contributed by atoms with van der Waals surface area (Å²) < 4.78 is 0. The predicted octanol–water partition coefficient (Wildman–Crippen LogP) is 3.29. The molecule has 0 bridgehead atoms. The van der Waals surface area contributed by atoms with Crippen molar-refractivity contribution >= 4 is 23.9 Å². The highest BCUT2D eigenvalue weighted by atomic mass is 16.4. The number of hydrogen-bond donors (Lipinski definition) is 4.